The highest BCUT2D eigenvalue weighted by Gasteiger charge is 2.47. The van der Waals surface area contributed by atoms with Crippen LogP contribution >= 0.6 is 11.8 Å². The molecule has 1 fully saturated rings. The number of carbonyl (C=O) groups is 1. The number of aliphatic imine (C=N–C) groups is 1. The molecule has 0 aromatic carbocycles. The maximum atomic E-state index is 10.4. The van der Waals surface area contributed by atoms with E-state index >= 15 is 0 Å². The number of fused-ring (bicyclic) bond motifs is 1. The first kappa shape index (κ1) is 13.3. The van der Waals surface area contributed by atoms with Crippen LogP contribution in [0.4, 0.5) is 0 Å². The number of nitrogens with one attached hydrogen (secondary N) is 1. The number of aliphatic hydroxyl groups is 2. The van der Waals surface area contributed by atoms with Gasteiger partial charge in [0, 0.05) is 13.1 Å². The van der Waals surface area contributed by atoms with Crippen LogP contribution in [0, 0.1) is 0 Å². The summed E-state index contributed by atoms with van der Waals surface area (Å²) >= 11 is 1.30. The average molecular weight is 274 g/mol. The molecule has 2 rings (SSSR count). The first-order valence-electron chi connectivity index (χ1n) is 5.38. The summed E-state index contributed by atoms with van der Waals surface area (Å²) in [6.45, 7) is 0. The molecule has 0 saturated carbocycles. The third-order valence-corrected chi connectivity index (χ3v) is 3.90. The number of hydrogen-bond acceptors (Lipinski definition) is 7. The smallest absolute Gasteiger partial charge is 0.328 e. The maximum Gasteiger partial charge on any atom is 0.328 e. The van der Waals surface area contributed by atoms with Crippen LogP contribution < -0.4 is 5.32 Å². The van der Waals surface area contributed by atoms with E-state index in [-0.39, 0.29) is 0 Å². The van der Waals surface area contributed by atoms with Gasteiger partial charge in [-0.1, -0.05) is 11.8 Å². The van der Waals surface area contributed by atoms with Gasteiger partial charge in [0.05, 0.1) is 0 Å². The van der Waals surface area contributed by atoms with Crippen molar-refractivity contribution in [2.75, 3.05) is 7.05 Å². The minimum atomic E-state index is -1.19. The third kappa shape index (κ3) is 2.51. The van der Waals surface area contributed by atoms with Gasteiger partial charge in [-0.25, -0.2) is 4.79 Å². The Bertz CT molecular complexity index is 400. The molecule has 4 N–H and O–H groups in total. The van der Waals surface area contributed by atoms with Crippen molar-refractivity contribution in [3.63, 3.8) is 0 Å². The van der Waals surface area contributed by atoms with Crippen molar-refractivity contribution in [2.24, 2.45) is 4.99 Å². The zero-order chi connectivity index (χ0) is 13.3. The quantitative estimate of drug-likeness (QED) is 0.466. The molecular formula is C10H14N2O5S. The summed E-state index contributed by atoms with van der Waals surface area (Å²) in [4.78, 5) is 14.6. The van der Waals surface area contributed by atoms with Crippen molar-refractivity contribution in [3.8, 4) is 0 Å². The standard InChI is InChI=1S/C10H14N2O5S/c1-11-10-12-6-8(16)7(15)4(2-3-5(13)14)17-9(6)18-10/h2-4,6-9,15-16H,1H3,(H,11,12)(H,13,14)/t4-,6-,7-,8-,9-/m1/s1. The molecule has 0 aliphatic carbocycles. The number of rotatable bonds is 2. The zero-order valence-corrected chi connectivity index (χ0v) is 10.4. The number of amidine groups is 1. The van der Waals surface area contributed by atoms with Crippen LogP contribution in [0.3, 0.4) is 0 Å². The van der Waals surface area contributed by atoms with E-state index < -0.39 is 35.8 Å². The molecule has 0 spiro atoms. The van der Waals surface area contributed by atoms with E-state index in [0.717, 1.165) is 6.08 Å². The van der Waals surface area contributed by atoms with Gasteiger partial charge < -0.3 is 25.4 Å². The molecule has 8 heteroatoms. The number of carboxylic acid groups (broad SMARTS) is 1. The van der Waals surface area contributed by atoms with Crippen LogP contribution in [0.25, 0.3) is 0 Å². The fourth-order valence-corrected chi connectivity index (χ4v) is 2.91. The van der Waals surface area contributed by atoms with Crippen LogP contribution in [0.2, 0.25) is 0 Å². The lowest BCUT2D eigenvalue weighted by Crippen LogP contribution is -2.54. The Morgan fingerprint density at radius 1 is 1.50 bits per heavy atom. The molecule has 0 aromatic rings. The van der Waals surface area contributed by atoms with E-state index in [0.29, 0.717) is 5.17 Å². The van der Waals surface area contributed by atoms with Crippen LogP contribution in [0.1, 0.15) is 0 Å². The largest absolute Gasteiger partial charge is 0.478 e. The van der Waals surface area contributed by atoms with Crippen molar-refractivity contribution < 1.29 is 24.9 Å². The molecular weight excluding hydrogens is 260 g/mol. The monoisotopic (exact) mass is 274 g/mol. The van der Waals surface area contributed by atoms with E-state index in [9.17, 15) is 15.0 Å². The predicted molar refractivity (Wildman–Crippen MR) is 65.3 cm³/mol. The molecule has 2 heterocycles. The Hall–Kier alpha value is -1.09. The molecule has 2 aliphatic heterocycles. The summed E-state index contributed by atoms with van der Waals surface area (Å²) in [6.07, 6.45) is -1.01. The van der Waals surface area contributed by atoms with E-state index in [1.165, 1.54) is 17.8 Å². The van der Waals surface area contributed by atoms with Crippen molar-refractivity contribution >= 4 is 22.9 Å². The van der Waals surface area contributed by atoms with Crippen LogP contribution in [-0.4, -0.2) is 63.3 Å². The van der Waals surface area contributed by atoms with Gasteiger partial charge in [-0.15, -0.1) is 0 Å². The van der Waals surface area contributed by atoms with Gasteiger partial charge >= 0.3 is 5.97 Å². The van der Waals surface area contributed by atoms with Gasteiger partial charge in [0.1, 0.15) is 29.8 Å². The number of hydrogen-bond donors (Lipinski definition) is 4. The minimum Gasteiger partial charge on any atom is -0.478 e. The highest BCUT2D eigenvalue weighted by atomic mass is 32.2. The Kier molecular flexibility index (Phi) is 3.91. The molecule has 18 heavy (non-hydrogen) atoms. The van der Waals surface area contributed by atoms with Crippen molar-refractivity contribution in [1.29, 1.82) is 0 Å². The normalized spacial score (nSPS) is 39.5. The van der Waals surface area contributed by atoms with Crippen LogP contribution in [0.15, 0.2) is 17.1 Å². The molecule has 0 bridgehead atoms. The maximum absolute atomic E-state index is 10.4. The highest BCUT2D eigenvalue weighted by molar-refractivity contribution is 8.14. The number of aliphatic carboxylic acids is 1. The summed E-state index contributed by atoms with van der Waals surface area (Å²) < 4.78 is 5.52. The second-order valence-electron chi connectivity index (χ2n) is 3.94. The first-order valence-corrected chi connectivity index (χ1v) is 6.26. The van der Waals surface area contributed by atoms with Crippen molar-refractivity contribution in [2.45, 2.75) is 29.8 Å². The zero-order valence-electron chi connectivity index (χ0n) is 9.56. The van der Waals surface area contributed by atoms with Crippen LogP contribution in [0.5, 0.6) is 0 Å². The third-order valence-electron chi connectivity index (χ3n) is 2.74. The van der Waals surface area contributed by atoms with Gasteiger partial charge in [-0.2, -0.15) is 0 Å². The van der Waals surface area contributed by atoms with Gasteiger partial charge in [-0.3, -0.25) is 4.99 Å². The average Bonchev–Trinajstić information content (AvgIpc) is 2.75. The van der Waals surface area contributed by atoms with E-state index in [1.54, 1.807) is 7.05 Å². The Labute approximate surface area is 108 Å². The number of ether oxygens (including phenoxy) is 1. The summed E-state index contributed by atoms with van der Waals surface area (Å²) in [5.41, 5.74) is -0.422. The fraction of sp³-hybridized carbons (Fsp3) is 0.600. The lowest BCUT2D eigenvalue weighted by Gasteiger charge is -2.36. The SMILES string of the molecule is CNC1=N[C@@H]2[C@@H](O)[C@H](O)[C@@H](C=CC(=O)O)O[C@@H]2S1. The van der Waals surface area contributed by atoms with Gasteiger partial charge in [0.15, 0.2) is 5.17 Å². The molecule has 0 unspecified atom stereocenters. The summed E-state index contributed by atoms with van der Waals surface area (Å²) in [5, 5.41) is 31.8. The van der Waals surface area contributed by atoms with E-state index in [4.69, 9.17) is 9.84 Å². The second kappa shape index (κ2) is 5.27. The molecule has 100 valence electrons. The molecule has 0 amide bonds. The lowest BCUT2D eigenvalue weighted by atomic mass is 9.98. The molecule has 7 nitrogen and oxygen atoms in total. The lowest BCUT2D eigenvalue weighted by molar-refractivity contribution is -0.137. The number of carboxylic acids is 1. The van der Waals surface area contributed by atoms with Crippen LogP contribution in [-0.2, 0) is 9.53 Å². The van der Waals surface area contributed by atoms with E-state index in [2.05, 4.69) is 10.3 Å². The minimum absolute atomic E-state index is 0.422. The molecule has 0 radical (unpaired) electrons. The van der Waals surface area contributed by atoms with Crippen molar-refractivity contribution in [3.05, 3.63) is 12.2 Å². The number of thioether (sulfide) groups is 1. The summed E-state index contributed by atoms with van der Waals surface area (Å²) in [6, 6.07) is -0.540. The Balaban J connectivity index is 2.10. The second-order valence-corrected chi connectivity index (χ2v) is 5.03. The number of nitrogens with zero attached hydrogens (tertiary/aromatic N) is 1. The van der Waals surface area contributed by atoms with E-state index in [1.807, 2.05) is 0 Å². The molecule has 0 aromatic heterocycles. The van der Waals surface area contributed by atoms with Gasteiger partial charge in [-0.05, 0) is 6.08 Å². The predicted octanol–water partition coefficient (Wildman–Crippen LogP) is -1.24. The fourth-order valence-electron chi connectivity index (χ4n) is 1.84. The topological polar surface area (TPSA) is 111 Å². The first-order chi connectivity index (χ1) is 8.52. The summed E-state index contributed by atoms with van der Waals surface area (Å²) in [5.74, 6) is -1.13. The van der Waals surface area contributed by atoms with Gasteiger partial charge in [0.2, 0.25) is 0 Å². The summed E-state index contributed by atoms with van der Waals surface area (Å²) in [7, 11) is 1.70. The highest BCUT2D eigenvalue weighted by Crippen LogP contribution is 2.35. The molecule has 1 saturated heterocycles. The Morgan fingerprint density at radius 3 is 2.83 bits per heavy atom. The van der Waals surface area contributed by atoms with Crippen molar-refractivity contribution in [1.82, 2.24) is 5.32 Å². The van der Waals surface area contributed by atoms with Gasteiger partial charge in [0.25, 0.3) is 0 Å². The Morgan fingerprint density at radius 2 is 2.22 bits per heavy atom. The molecule has 5 atom stereocenters. The molecule has 2 aliphatic rings. The number of aliphatic hydroxyl groups excluding tert-OH is 2.